The number of rotatable bonds is 13. The van der Waals surface area contributed by atoms with E-state index in [0.717, 1.165) is 17.7 Å². The van der Waals surface area contributed by atoms with Crippen LogP contribution in [0.1, 0.15) is 66.7 Å². The SMILES string of the molecule is CCC(C)(CCNC(=O)CCN1C(=O)C=CC1=O)OCCC(C)(CC)C(C)=O. The minimum Gasteiger partial charge on any atom is -0.375 e. The molecule has 28 heavy (non-hydrogen) atoms. The maximum atomic E-state index is 12.0. The normalized spacial score (nSPS) is 18.1. The van der Waals surface area contributed by atoms with Crippen molar-refractivity contribution in [3.05, 3.63) is 12.2 Å². The van der Waals surface area contributed by atoms with E-state index in [-0.39, 0.29) is 47.5 Å². The average Bonchev–Trinajstić information content (AvgIpc) is 2.97. The van der Waals surface area contributed by atoms with E-state index in [4.69, 9.17) is 4.74 Å². The monoisotopic (exact) mass is 394 g/mol. The number of amides is 3. The molecule has 0 radical (unpaired) electrons. The molecule has 0 aromatic rings. The van der Waals surface area contributed by atoms with Gasteiger partial charge in [0.05, 0.1) is 5.60 Å². The van der Waals surface area contributed by atoms with Gasteiger partial charge in [-0.2, -0.15) is 0 Å². The first kappa shape index (κ1) is 24.0. The maximum absolute atomic E-state index is 12.0. The zero-order valence-corrected chi connectivity index (χ0v) is 17.8. The molecule has 0 saturated carbocycles. The quantitative estimate of drug-likeness (QED) is 0.484. The van der Waals surface area contributed by atoms with E-state index in [2.05, 4.69) is 5.32 Å². The van der Waals surface area contributed by atoms with Crippen LogP contribution in [0.5, 0.6) is 0 Å². The fraction of sp³-hybridized carbons (Fsp3) is 0.714. The van der Waals surface area contributed by atoms with Gasteiger partial charge in [-0.05, 0) is 39.5 Å². The second-order valence-corrected chi connectivity index (χ2v) is 7.88. The molecule has 0 aliphatic carbocycles. The molecular weight excluding hydrogens is 360 g/mol. The van der Waals surface area contributed by atoms with Crippen molar-refractivity contribution in [3.8, 4) is 0 Å². The number of ether oxygens (including phenoxy) is 1. The lowest BCUT2D eigenvalue weighted by Crippen LogP contribution is -2.38. The van der Waals surface area contributed by atoms with Crippen LogP contribution in [-0.4, -0.2) is 53.7 Å². The summed E-state index contributed by atoms with van der Waals surface area (Å²) in [5.41, 5.74) is -0.744. The number of carbonyl (C=O) groups excluding carboxylic acids is 4. The topological polar surface area (TPSA) is 92.8 Å². The van der Waals surface area contributed by atoms with Crippen LogP contribution in [0.3, 0.4) is 0 Å². The van der Waals surface area contributed by atoms with Crippen LogP contribution in [0.25, 0.3) is 0 Å². The van der Waals surface area contributed by atoms with E-state index < -0.39 is 0 Å². The van der Waals surface area contributed by atoms with E-state index in [0.29, 0.717) is 26.0 Å². The number of Topliss-reactive ketones (excluding diaryl/α,β-unsaturated/α-hetero) is 1. The first-order valence-electron chi connectivity index (χ1n) is 10.0. The fourth-order valence-electron chi connectivity index (χ4n) is 2.90. The number of nitrogens with one attached hydrogen (secondary N) is 1. The molecule has 1 N–H and O–H groups in total. The lowest BCUT2D eigenvalue weighted by Gasteiger charge is -2.32. The summed E-state index contributed by atoms with van der Waals surface area (Å²) in [7, 11) is 0. The van der Waals surface area contributed by atoms with Gasteiger partial charge in [0, 0.05) is 43.7 Å². The summed E-state index contributed by atoms with van der Waals surface area (Å²) in [6, 6.07) is 0. The van der Waals surface area contributed by atoms with Crippen molar-refractivity contribution in [3.63, 3.8) is 0 Å². The van der Waals surface area contributed by atoms with Crippen LogP contribution in [0.4, 0.5) is 0 Å². The van der Waals surface area contributed by atoms with Crippen molar-refractivity contribution in [1.82, 2.24) is 10.2 Å². The van der Waals surface area contributed by atoms with Crippen LogP contribution >= 0.6 is 0 Å². The highest BCUT2D eigenvalue weighted by Crippen LogP contribution is 2.28. The van der Waals surface area contributed by atoms with Gasteiger partial charge in [-0.1, -0.05) is 20.8 Å². The van der Waals surface area contributed by atoms with Gasteiger partial charge in [0.25, 0.3) is 11.8 Å². The van der Waals surface area contributed by atoms with E-state index in [9.17, 15) is 19.2 Å². The molecule has 0 aromatic carbocycles. The Kier molecular flexibility index (Phi) is 9.01. The van der Waals surface area contributed by atoms with Crippen molar-refractivity contribution in [2.45, 2.75) is 72.3 Å². The number of ketones is 1. The molecule has 158 valence electrons. The van der Waals surface area contributed by atoms with E-state index >= 15 is 0 Å². The molecule has 0 spiro atoms. The smallest absolute Gasteiger partial charge is 0.253 e. The van der Waals surface area contributed by atoms with Crippen molar-refractivity contribution < 1.29 is 23.9 Å². The molecule has 0 bridgehead atoms. The predicted octanol–water partition coefficient (Wildman–Crippen LogP) is 2.39. The lowest BCUT2D eigenvalue weighted by atomic mass is 9.80. The number of nitrogens with zero attached hydrogens (tertiary/aromatic N) is 1. The average molecular weight is 395 g/mol. The molecule has 1 aliphatic rings. The third kappa shape index (κ3) is 6.86. The van der Waals surface area contributed by atoms with Crippen molar-refractivity contribution in [1.29, 1.82) is 0 Å². The Balaban J connectivity index is 2.35. The molecular formula is C21H34N2O5. The number of hydrogen-bond acceptors (Lipinski definition) is 5. The standard InChI is InChI=1S/C21H34N2O5/c1-6-20(4,16(3)24)12-15-28-21(5,7-2)11-13-22-17(25)10-14-23-18(26)8-9-19(23)27/h8-9H,6-7,10-15H2,1-5H3,(H,22,25). The Labute approximate surface area is 167 Å². The van der Waals surface area contributed by atoms with Gasteiger partial charge in [-0.3, -0.25) is 24.1 Å². The molecule has 2 atom stereocenters. The fourth-order valence-corrected chi connectivity index (χ4v) is 2.90. The van der Waals surface area contributed by atoms with Gasteiger partial charge in [-0.15, -0.1) is 0 Å². The second-order valence-electron chi connectivity index (χ2n) is 7.88. The summed E-state index contributed by atoms with van der Waals surface area (Å²) in [5, 5.41) is 2.82. The highest BCUT2D eigenvalue weighted by atomic mass is 16.5. The van der Waals surface area contributed by atoms with E-state index in [1.54, 1.807) is 6.92 Å². The largest absolute Gasteiger partial charge is 0.375 e. The van der Waals surface area contributed by atoms with E-state index in [1.165, 1.54) is 12.2 Å². The van der Waals surface area contributed by atoms with Crippen LogP contribution < -0.4 is 5.32 Å². The lowest BCUT2D eigenvalue weighted by molar-refractivity contribution is -0.137. The molecule has 0 fully saturated rings. The van der Waals surface area contributed by atoms with Gasteiger partial charge in [0.1, 0.15) is 5.78 Å². The Morgan fingerprint density at radius 3 is 2.18 bits per heavy atom. The van der Waals surface area contributed by atoms with Gasteiger partial charge < -0.3 is 10.1 Å². The van der Waals surface area contributed by atoms with Gasteiger partial charge >= 0.3 is 0 Å². The molecule has 0 aromatic heterocycles. The molecule has 2 unspecified atom stereocenters. The first-order valence-corrected chi connectivity index (χ1v) is 10.0. The summed E-state index contributed by atoms with van der Waals surface area (Å²) < 4.78 is 6.07. The van der Waals surface area contributed by atoms with Crippen LogP contribution in [0.2, 0.25) is 0 Å². The molecule has 0 saturated heterocycles. The molecule has 7 heteroatoms. The second kappa shape index (κ2) is 10.5. The van der Waals surface area contributed by atoms with Gasteiger partial charge in [-0.25, -0.2) is 0 Å². The summed E-state index contributed by atoms with van der Waals surface area (Å²) in [5.74, 6) is -0.792. The van der Waals surface area contributed by atoms with Crippen molar-refractivity contribution in [2.24, 2.45) is 5.41 Å². The zero-order valence-electron chi connectivity index (χ0n) is 17.8. The first-order chi connectivity index (χ1) is 13.1. The Morgan fingerprint density at radius 1 is 1.07 bits per heavy atom. The molecule has 1 rings (SSSR count). The summed E-state index contributed by atoms with van der Waals surface area (Å²) in [6.45, 7) is 10.7. The van der Waals surface area contributed by atoms with Crippen LogP contribution in [0.15, 0.2) is 12.2 Å². The van der Waals surface area contributed by atoms with Crippen molar-refractivity contribution >= 4 is 23.5 Å². The van der Waals surface area contributed by atoms with Gasteiger partial charge in [0.15, 0.2) is 0 Å². The Hall–Kier alpha value is -2.02. The summed E-state index contributed by atoms with van der Waals surface area (Å²) >= 11 is 0. The van der Waals surface area contributed by atoms with E-state index in [1.807, 2.05) is 27.7 Å². The minimum atomic E-state index is -0.385. The van der Waals surface area contributed by atoms with Crippen LogP contribution in [0, 0.1) is 5.41 Å². The predicted molar refractivity (Wildman–Crippen MR) is 106 cm³/mol. The Morgan fingerprint density at radius 2 is 1.68 bits per heavy atom. The molecule has 1 aliphatic heterocycles. The maximum Gasteiger partial charge on any atom is 0.253 e. The third-order valence-corrected chi connectivity index (χ3v) is 5.92. The third-order valence-electron chi connectivity index (χ3n) is 5.92. The number of carbonyl (C=O) groups is 4. The number of hydrogen-bond donors (Lipinski definition) is 1. The van der Waals surface area contributed by atoms with Crippen LogP contribution in [-0.2, 0) is 23.9 Å². The van der Waals surface area contributed by atoms with Crippen molar-refractivity contribution in [2.75, 3.05) is 19.7 Å². The minimum absolute atomic E-state index is 0.0797. The molecule has 1 heterocycles. The number of imide groups is 1. The zero-order chi connectivity index (χ0) is 21.4. The summed E-state index contributed by atoms with van der Waals surface area (Å²) in [4.78, 5) is 47.8. The summed E-state index contributed by atoms with van der Waals surface area (Å²) in [6.07, 6.45) is 5.38. The van der Waals surface area contributed by atoms with Gasteiger partial charge in [0.2, 0.25) is 5.91 Å². The highest BCUT2D eigenvalue weighted by Gasteiger charge is 2.30. The molecule has 3 amide bonds. The Bertz CT molecular complexity index is 612. The highest BCUT2D eigenvalue weighted by molar-refractivity contribution is 6.13. The molecule has 7 nitrogen and oxygen atoms in total.